The third kappa shape index (κ3) is 3.06. The predicted octanol–water partition coefficient (Wildman–Crippen LogP) is 2.01. The molecule has 2 N–H and O–H groups in total. The summed E-state index contributed by atoms with van der Waals surface area (Å²) in [5.41, 5.74) is 6.92. The van der Waals surface area contributed by atoms with Crippen molar-refractivity contribution in [3.8, 4) is 0 Å². The summed E-state index contributed by atoms with van der Waals surface area (Å²) >= 11 is 1.91. The van der Waals surface area contributed by atoms with Crippen LogP contribution in [0, 0.1) is 12.8 Å². The maximum absolute atomic E-state index is 5.69. The Labute approximate surface area is 108 Å². The van der Waals surface area contributed by atoms with Crippen molar-refractivity contribution in [2.45, 2.75) is 32.6 Å². The molecule has 3 nitrogen and oxygen atoms in total. The van der Waals surface area contributed by atoms with Crippen molar-refractivity contribution < 1.29 is 0 Å². The quantitative estimate of drug-likeness (QED) is 0.892. The van der Waals surface area contributed by atoms with Crippen LogP contribution in [0.25, 0.3) is 0 Å². The lowest BCUT2D eigenvalue weighted by Crippen LogP contribution is -2.13. The lowest BCUT2D eigenvalue weighted by Gasteiger charge is -2.07. The van der Waals surface area contributed by atoms with E-state index in [1.807, 2.05) is 11.3 Å². The summed E-state index contributed by atoms with van der Waals surface area (Å²) in [6.07, 6.45) is 2.35. The molecule has 2 unspecified atom stereocenters. The molecule has 0 aromatic carbocycles. The van der Waals surface area contributed by atoms with Crippen LogP contribution >= 0.6 is 11.3 Å². The van der Waals surface area contributed by atoms with Gasteiger partial charge in [-0.3, -0.25) is 0 Å². The molecular formula is C13H23N3S. The first-order valence-corrected chi connectivity index (χ1v) is 7.26. The van der Waals surface area contributed by atoms with E-state index in [1.54, 1.807) is 0 Å². The van der Waals surface area contributed by atoms with Gasteiger partial charge in [-0.2, -0.15) is 0 Å². The Bertz CT molecular complexity index is 375. The number of hydrogen-bond acceptors (Lipinski definition) is 4. The summed E-state index contributed by atoms with van der Waals surface area (Å²) in [5.74, 6) is 1.22. The van der Waals surface area contributed by atoms with Crippen molar-refractivity contribution in [1.29, 1.82) is 0 Å². The van der Waals surface area contributed by atoms with Gasteiger partial charge in [0.05, 0.1) is 10.7 Å². The molecule has 1 fully saturated rings. The maximum atomic E-state index is 5.69. The molecule has 17 heavy (non-hydrogen) atoms. The third-order valence-corrected chi connectivity index (χ3v) is 4.93. The Morgan fingerprint density at radius 2 is 2.35 bits per heavy atom. The van der Waals surface area contributed by atoms with Gasteiger partial charge in [-0.1, -0.05) is 6.92 Å². The van der Waals surface area contributed by atoms with E-state index in [0.29, 0.717) is 11.8 Å². The van der Waals surface area contributed by atoms with Gasteiger partial charge in [-0.05, 0) is 45.8 Å². The van der Waals surface area contributed by atoms with Gasteiger partial charge in [0.25, 0.3) is 0 Å². The van der Waals surface area contributed by atoms with Crippen LogP contribution in [0.3, 0.4) is 0 Å². The second-order valence-corrected chi connectivity index (χ2v) is 6.47. The molecule has 0 radical (unpaired) electrons. The van der Waals surface area contributed by atoms with Crippen molar-refractivity contribution in [3.05, 3.63) is 15.6 Å². The lowest BCUT2D eigenvalue weighted by atomic mass is 10.1. The molecule has 1 saturated heterocycles. The highest BCUT2D eigenvalue weighted by Gasteiger charge is 2.24. The molecule has 0 spiro atoms. The van der Waals surface area contributed by atoms with Crippen LogP contribution in [0.15, 0.2) is 0 Å². The lowest BCUT2D eigenvalue weighted by molar-refractivity contribution is 0.411. The number of nitrogens with two attached hydrogens (primary N) is 1. The summed E-state index contributed by atoms with van der Waals surface area (Å²) in [7, 11) is 2.19. The molecule has 0 amide bonds. The fraction of sp³-hybridized carbons (Fsp3) is 0.769. The zero-order valence-electron chi connectivity index (χ0n) is 11.1. The van der Waals surface area contributed by atoms with Crippen LogP contribution in [0.5, 0.6) is 0 Å². The van der Waals surface area contributed by atoms with Crippen LogP contribution in [0.4, 0.5) is 0 Å². The number of thiazole rings is 1. The van der Waals surface area contributed by atoms with Crippen molar-refractivity contribution in [2.75, 3.05) is 26.7 Å². The second kappa shape index (κ2) is 5.46. The Kier molecular flexibility index (Phi) is 4.17. The Morgan fingerprint density at radius 1 is 1.59 bits per heavy atom. The molecule has 4 heteroatoms. The van der Waals surface area contributed by atoms with Gasteiger partial charge in [0.2, 0.25) is 0 Å². The Hall–Kier alpha value is -0.450. The average Bonchev–Trinajstić information content (AvgIpc) is 2.86. The number of hydrogen-bond donors (Lipinski definition) is 1. The van der Waals surface area contributed by atoms with Gasteiger partial charge >= 0.3 is 0 Å². The van der Waals surface area contributed by atoms with E-state index in [0.717, 1.165) is 13.0 Å². The summed E-state index contributed by atoms with van der Waals surface area (Å²) < 4.78 is 0. The van der Waals surface area contributed by atoms with Crippen LogP contribution in [0.2, 0.25) is 0 Å². The SMILES string of the molecule is Cc1nc(C2CCN(C)C2)sc1CC(C)CN. The fourth-order valence-corrected chi connectivity index (χ4v) is 3.71. The largest absolute Gasteiger partial charge is 0.330 e. The van der Waals surface area contributed by atoms with Crippen LogP contribution in [-0.2, 0) is 6.42 Å². The summed E-state index contributed by atoms with van der Waals surface area (Å²) in [6.45, 7) is 7.48. The Balaban J connectivity index is 2.07. The monoisotopic (exact) mass is 253 g/mol. The molecule has 2 heterocycles. The highest BCUT2D eigenvalue weighted by molar-refractivity contribution is 7.11. The van der Waals surface area contributed by atoms with Crippen molar-refractivity contribution >= 4 is 11.3 Å². The zero-order chi connectivity index (χ0) is 12.4. The normalized spacial score (nSPS) is 23.2. The highest BCUT2D eigenvalue weighted by Crippen LogP contribution is 2.32. The van der Waals surface area contributed by atoms with E-state index in [-0.39, 0.29) is 0 Å². The summed E-state index contributed by atoms with van der Waals surface area (Å²) in [6, 6.07) is 0. The van der Waals surface area contributed by atoms with Gasteiger partial charge < -0.3 is 10.6 Å². The molecular weight excluding hydrogens is 230 g/mol. The molecule has 2 atom stereocenters. The summed E-state index contributed by atoms with van der Waals surface area (Å²) in [4.78, 5) is 8.60. The maximum Gasteiger partial charge on any atom is 0.0975 e. The molecule has 1 aromatic rings. The molecule has 96 valence electrons. The van der Waals surface area contributed by atoms with Crippen molar-refractivity contribution in [2.24, 2.45) is 11.7 Å². The first-order valence-electron chi connectivity index (χ1n) is 6.45. The van der Waals surface area contributed by atoms with E-state index in [1.165, 1.54) is 35.1 Å². The molecule has 2 rings (SSSR count). The van der Waals surface area contributed by atoms with Gasteiger partial charge in [0, 0.05) is 17.3 Å². The molecule has 0 aliphatic carbocycles. The van der Waals surface area contributed by atoms with Crippen LogP contribution < -0.4 is 5.73 Å². The fourth-order valence-electron chi connectivity index (χ4n) is 2.35. The van der Waals surface area contributed by atoms with Gasteiger partial charge in [0.15, 0.2) is 0 Å². The van der Waals surface area contributed by atoms with Crippen LogP contribution in [-0.4, -0.2) is 36.6 Å². The van der Waals surface area contributed by atoms with Gasteiger partial charge in [0.1, 0.15) is 0 Å². The number of likely N-dealkylation sites (tertiary alicyclic amines) is 1. The minimum absolute atomic E-state index is 0.563. The number of rotatable bonds is 4. The van der Waals surface area contributed by atoms with E-state index in [9.17, 15) is 0 Å². The predicted molar refractivity (Wildman–Crippen MR) is 73.6 cm³/mol. The standard InChI is InChI=1S/C13H23N3S/c1-9(7-14)6-12-10(2)15-13(17-12)11-4-5-16(3)8-11/h9,11H,4-8,14H2,1-3H3. The first kappa shape index (κ1) is 13.0. The van der Waals surface area contributed by atoms with E-state index in [2.05, 4.69) is 25.8 Å². The number of aryl methyl sites for hydroxylation is 1. The number of likely N-dealkylation sites (N-methyl/N-ethyl adjacent to an activating group) is 1. The number of aromatic nitrogens is 1. The third-order valence-electron chi connectivity index (χ3n) is 3.59. The summed E-state index contributed by atoms with van der Waals surface area (Å²) in [5, 5.41) is 1.34. The molecule has 0 bridgehead atoms. The minimum Gasteiger partial charge on any atom is -0.330 e. The average molecular weight is 253 g/mol. The topological polar surface area (TPSA) is 42.2 Å². The molecule has 1 aliphatic heterocycles. The van der Waals surface area contributed by atoms with Crippen LogP contribution in [0.1, 0.15) is 34.8 Å². The van der Waals surface area contributed by atoms with E-state index >= 15 is 0 Å². The van der Waals surface area contributed by atoms with Gasteiger partial charge in [-0.25, -0.2) is 4.98 Å². The zero-order valence-corrected chi connectivity index (χ0v) is 11.9. The Morgan fingerprint density at radius 3 is 2.94 bits per heavy atom. The minimum atomic E-state index is 0.563. The molecule has 1 aliphatic rings. The molecule has 0 saturated carbocycles. The smallest absolute Gasteiger partial charge is 0.0975 e. The highest BCUT2D eigenvalue weighted by atomic mass is 32.1. The van der Waals surface area contributed by atoms with Crippen molar-refractivity contribution in [1.82, 2.24) is 9.88 Å². The van der Waals surface area contributed by atoms with Gasteiger partial charge in [-0.15, -0.1) is 11.3 Å². The number of nitrogens with zero attached hydrogens (tertiary/aromatic N) is 2. The second-order valence-electron chi connectivity index (χ2n) is 5.35. The molecule has 1 aromatic heterocycles. The van der Waals surface area contributed by atoms with E-state index in [4.69, 9.17) is 10.7 Å². The van der Waals surface area contributed by atoms with E-state index < -0.39 is 0 Å². The first-order chi connectivity index (χ1) is 8.10. The van der Waals surface area contributed by atoms with Crippen molar-refractivity contribution in [3.63, 3.8) is 0 Å².